The summed E-state index contributed by atoms with van der Waals surface area (Å²) in [6, 6.07) is 12.2. The van der Waals surface area contributed by atoms with Crippen LogP contribution in [-0.2, 0) is 10.1 Å². The molecule has 0 aromatic heterocycles. The Morgan fingerprint density at radius 3 is 2.31 bits per heavy atom. The van der Waals surface area contributed by atoms with Crippen LogP contribution in [0.3, 0.4) is 0 Å². The molecule has 0 atom stereocenters. The standard InChI is InChI=1S/C21H15IN4O9S/c1-34-19-10-13(12-23-24-21(27)14-3-2-4-16(11-14)26(30)31)9-18(22)20(19)35-36(32,33)17-7-5-15(6-8-17)25(28)29/h2-12H,1H3,(H,24,27)/b23-12-. The average molecular weight is 626 g/mol. The summed E-state index contributed by atoms with van der Waals surface area (Å²) >= 11 is 1.82. The van der Waals surface area contributed by atoms with Crippen LogP contribution in [0.4, 0.5) is 11.4 Å². The maximum atomic E-state index is 12.7. The predicted molar refractivity (Wildman–Crippen MR) is 135 cm³/mol. The molecule has 0 saturated heterocycles. The van der Waals surface area contributed by atoms with Gasteiger partial charge in [0.25, 0.3) is 17.3 Å². The van der Waals surface area contributed by atoms with Gasteiger partial charge in [0.15, 0.2) is 11.5 Å². The highest BCUT2D eigenvalue weighted by atomic mass is 127. The first-order chi connectivity index (χ1) is 17.0. The van der Waals surface area contributed by atoms with Crippen LogP contribution in [0, 0.1) is 23.8 Å². The van der Waals surface area contributed by atoms with Crippen molar-refractivity contribution in [3.05, 3.63) is 95.6 Å². The van der Waals surface area contributed by atoms with E-state index in [1.54, 1.807) is 0 Å². The monoisotopic (exact) mass is 626 g/mol. The molecule has 0 unspecified atom stereocenters. The van der Waals surface area contributed by atoms with Crippen molar-refractivity contribution >= 4 is 56.2 Å². The maximum absolute atomic E-state index is 12.7. The Bertz CT molecular complexity index is 1480. The number of methoxy groups -OCH3 is 1. The first-order valence-corrected chi connectivity index (χ1v) is 12.1. The highest BCUT2D eigenvalue weighted by molar-refractivity contribution is 14.1. The second-order valence-electron chi connectivity index (χ2n) is 6.83. The largest absolute Gasteiger partial charge is 0.493 e. The highest BCUT2D eigenvalue weighted by Gasteiger charge is 2.23. The molecule has 0 spiro atoms. The summed E-state index contributed by atoms with van der Waals surface area (Å²) in [7, 11) is -3.04. The molecule has 3 rings (SSSR count). The van der Waals surface area contributed by atoms with E-state index in [1.807, 2.05) is 22.6 Å². The lowest BCUT2D eigenvalue weighted by atomic mass is 10.2. The van der Waals surface area contributed by atoms with Gasteiger partial charge in [0.05, 0.1) is 26.7 Å². The zero-order valence-electron chi connectivity index (χ0n) is 18.2. The number of hydrogen-bond acceptors (Lipinski definition) is 10. The van der Waals surface area contributed by atoms with Crippen molar-refractivity contribution in [3.8, 4) is 11.5 Å². The average Bonchev–Trinajstić information content (AvgIpc) is 2.85. The van der Waals surface area contributed by atoms with Gasteiger partial charge in [0.2, 0.25) is 0 Å². The first-order valence-electron chi connectivity index (χ1n) is 9.66. The first kappa shape index (κ1) is 26.5. The van der Waals surface area contributed by atoms with E-state index >= 15 is 0 Å². The lowest BCUT2D eigenvalue weighted by Gasteiger charge is -2.13. The van der Waals surface area contributed by atoms with E-state index in [1.165, 1.54) is 43.7 Å². The van der Waals surface area contributed by atoms with Gasteiger partial charge in [-0.3, -0.25) is 25.0 Å². The van der Waals surface area contributed by atoms with Crippen LogP contribution in [0.15, 0.2) is 70.7 Å². The van der Waals surface area contributed by atoms with Crippen molar-refractivity contribution in [3.63, 3.8) is 0 Å². The summed E-state index contributed by atoms with van der Waals surface area (Å²) in [5, 5.41) is 25.5. The predicted octanol–water partition coefficient (Wildman–Crippen LogP) is 3.65. The molecule has 0 bridgehead atoms. The molecule has 0 aliphatic rings. The van der Waals surface area contributed by atoms with E-state index in [2.05, 4.69) is 10.5 Å². The summed E-state index contributed by atoms with van der Waals surface area (Å²) in [5.41, 5.74) is 2.17. The van der Waals surface area contributed by atoms with E-state index in [-0.39, 0.29) is 33.3 Å². The normalized spacial score (nSPS) is 11.2. The van der Waals surface area contributed by atoms with Crippen molar-refractivity contribution in [2.24, 2.45) is 5.10 Å². The van der Waals surface area contributed by atoms with Crippen LogP contribution in [0.2, 0.25) is 0 Å². The number of non-ortho nitro benzene ring substituents is 2. The van der Waals surface area contributed by atoms with Crippen LogP contribution in [-0.4, -0.2) is 37.5 Å². The topological polar surface area (TPSA) is 180 Å². The number of ether oxygens (including phenoxy) is 1. The third-order valence-corrected chi connectivity index (χ3v) is 6.52. The second kappa shape index (κ2) is 11.1. The zero-order valence-corrected chi connectivity index (χ0v) is 21.1. The van der Waals surface area contributed by atoms with Gasteiger partial charge in [0, 0.05) is 29.8 Å². The highest BCUT2D eigenvalue weighted by Crippen LogP contribution is 2.35. The van der Waals surface area contributed by atoms with Crippen LogP contribution < -0.4 is 14.3 Å². The molecule has 0 fully saturated rings. The lowest BCUT2D eigenvalue weighted by molar-refractivity contribution is -0.385. The van der Waals surface area contributed by atoms with Gasteiger partial charge in [-0.05, 0) is 58.5 Å². The lowest BCUT2D eigenvalue weighted by Crippen LogP contribution is -2.17. The van der Waals surface area contributed by atoms with Gasteiger partial charge in [-0.2, -0.15) is 13.5 Å². The number of amides is 1. The van der Waals surface area contributed by atoms with E-state index in [9.17, 15) is 33.4 Å². The summed E-state index contributed by atoms with van der Waals surface area (Å²) in [5.74, 6) is -0.751. The zero-order chi connectivity index (χ0) is 26.5. The van der Waals surface area contributed by atoms with Crippen LogP contribution >= 0.6 is 22.6 Å². The fourth-order valence-electron chi connectivity index (χ4n) is 2.78. The van der Waals surface area contributed by atoms with Crippen molar-refractivity contribution < 1.29 is 32.0 Å². The molecule has 0 saturated carbocycles. The molecular weight excluding hydrogens is 611 g/mol. The van der Waals surface area contributed by atoms with Gasteiger partial charge in [-0.1, -0.05) is 6.07 Å². The minimum absolute atomic E-state index is 0.0358. The van der Waals surface area contributed by atoms with Crippen molar-refractivity contribution in [2.45, 2.75) is 4.90 Å². The molecular formula is C21H15IN4O9S. The number of nitrogens with zero attached hydrogens (tertiary/aromatic N) is 3. The molecule has 1 N–H and O–H groups in total. The SMILES string of the molecule is COc1cc(/C=N\NC(=O)c2cccc([N+](=O)[O-])c2)cc(I)c1OS(=O)(=O)c1ccc([N+](=O)[O-])cc1. The van der Waals surface area contributed by atoms with Gasteiger partial charge >= 0.3 is 10.1 Å². The van der Waals surface area contributed by atoms with Crippen LogP contribution in [0.25, 0.3) is 0 Å². The van der Waals surface area contributed by atoms with Crippen molar-refractivity contribution in [1.29, 1.82) is 0 Å². The summed E-state index contributed by atoms with van der Waals surface area (Å²) in [6.45, 7) is 0. The van der Waals surface area contributed by atoms with Gasteiger partial charge in [0.1, 0.15) is 4.90 Å². The fraction of sp³-hybridized carbons (Fsp3) is 0.0476. The fourth-order valence-corrected chi connectivity index (χ4v) is 4.62. The molecule has 0 aliphatic carbocycles. The quantitative estimate of drug-likeness (QED) is 0.122. The second-order valence-corrected chi connectivity index (χ2v) is 9.54. The molecule has 0 aliphatic heterocycles. The van der Waals surface area contributed by atoms with Crippen molar-refractivity contribution in [2.75, 3.05) is 7.11 Å². The number of rotatable bonds is 9. The summed E-state index contributed by atoms with van der Waals surface area (Å²) in [4.78, 5) is 32.3. The number of carbonyl (C=O) groups is 1. The van der Waals surface area contributed by atoms with Gasteiger partial charge in [-0.15, -0.1) is 0 Å². The van der Waals surface area contributed by atoms with Gasteiger partial charge in [-0.25, -0.2) is 5.43 Å². The number of benzene rings is 3. The molecule has 186 valence electrons. The molecule has 3 aromatic rings. The third kappa shape index (κ3) is 6.30. The van der Waals surface area contributed by atoms with E-state index in [0.29, 0.717) is 9.13 Å². The molecule has 15 heteroatoms. The molecule has 0 radical (unpaired) electrons. The molecule has 1 amide bonds. The molecule has 13 nitrogen and oxygen atoms in total. The Morgan fingerprint density at radius 1 is 1.03 bits per heavy atom. The number of nitro groups is 2. The van der Waals surface area contributed by atoms with E-state index in [0.717, 1.165) is 30.3 Å². The number of halogens is 1. The minimum atomic E-state index is -4.34. The minimum Gasteiger partial charge on any atom is -0.493 e. The summed E-state index contributed by atoms with van der Waals surface area (Å²) < 4.78 is 36.1. The number of hydrazone groups is 1. The third-order valence-electron chi connectivity index (χ3n) is 4.48. The van der Waals surface area contributed by atoms with E-state index in [4.69, 9.17) is 8.92 Å². The Balaban J connectivity index is 1.78. The Morgan fingerprint density at radius 2 is 1.69 bits per heavy atom. The smallest absolute Gasteiger partial charge is 0.339 e. The number of carbonyl (C=O) groups excluding carboxylic acids is 1. The Kier molecular flexibility index (Phi) is 8.15. The van der Waals surface area contributed by atoms with Gasteiger partial charge < -0.3 is 8.92 Å². The maximum Gasteiger partial charge on any atom is 0.339 e. The number of hydrogen-bond donors (Lipinski definition) is 1. The van der Waals surface area contributed by atoms with Crippen LogP contribution in [0.1, 0.15) is 15.9 Å². The molecule has 3 aromatic carbocycles. The van der Waals surface area contributed by atoms with Crippen LogP contribution in [0.5, 0.6) is 11.5 Å². The van der Waals surface area contributed by atoms with E-state index < -0.39 is 25.9 Å². The number of nitro benzene ring substituents is 2. The molecule has 0 heterocycles. The Labute approximate surface area is 217 Å². The Hall–Kier alpha value is -4.12. The molecule has 36 heavy (non-hydrogen) atoms. The number of nitrogens with one attached hydrogen (secondary N) is 1. The van der Waals surface area contributed by atoms with Crippen molar-refractivity contribution in [1.82, 2.24) is 5.43 Å². The summed E-state index contributed by atoms with van der Waals surface area (Å²) in [6.07, 6.45) is 1.26.